The van der Waals surface area contributed by atoms with Gasteiger partial charge in [-0.3, -0.25) is 0 Å². The maximum Gasteiger partial charge on any atom is 0.176 e. The quantitative estimate of drug-likeness (QED) is 0.135. The molecule has 13 aromatic carbocycles. The minimum atomic E-state index is -1.38. The van der Waals surface area contributed by atoms with Crippen molar-refractivity contribution in [3.63, 3.8) is 0 Å². The van der Waals surface area contributed by atoms with Gasteiger partial charge in [0, 0.05) is 99.3 Å². The van der Waals surface area contributed by atoms with Crippen molar-refractivity contribution in [1.82, 2.24) is 48.2 Å². The van der Waals surface area contributed by atoms with Crippen LogP contribution in [0.25, 0.3) is 173 Å². The second-order valence-electron chi connectivity index (χ2n) is 26.4. The highest BCUT2D eigenvalue weighted by atomic mass is 15.3. The number of hydrogen-bond donors (Lipinski definition) is 0. The third-order valence-electron chi connectivity index (χ3n) is 20.9. The second-order valence-corrected chi connectivity index (χ2v) is 26.4. The van der Waals surface area contributed by atoms with Crippen LogP contribution in [-0.2, 0) is 12.1 Å². The highest BCUT2D eigenvalue weighted by Gasteiger charge is 2.51. The summed E-state index contributed by atoms with van der Waals surface area (Å²) >= 11 is 0. The van der Waals surface area contributed by atoms with Crippen molar-refractivity contribution in [3.05, 3.63) is 344 Å². The highest BCUT2D eigenvalue weighted by molar-refractivity contribution is 6.25. The van der Waals surface area contributed by atoms with E-state index in [2.05, 4.69) is 273 Å². The van der Waals surface area contributed by atoms with E-state index in [1.165, 1.54) is 16.6 Å². The lowest BCUT2D eigenvalue weighted by atomic mass is 9.91. The smallest absolute Gasteiger partial charge is 0.176 e. The van der Waals surface area contributed by atoms with Crippen LogP contribution in [0, 0.1) is 0 Å². The molecule has 0 atom stereocenters. The van der Waals surface area contributed by atoms with Crippen LogP contribution in [0.3, 0.4) is 0 Å². The summed E-state index contributed by atoms with van der Waals surface area (Å²) in [6, 6.07) is 114. The number of rotatable bonds is 10. The van der Waals surface area contributed by atoms with Crippen LogP contribution in [0.4, 0.5) is 0 Å². The minimum Gasteiger partial charge on any atom is -0.308 e. The van der Waals surface area contributed by atoms with Gasteiger partial charge in [0.25, 0.3) is 0 Å². The van der Waals surface area contributed by atoms with E-state index in [1.807, 2.05) is 72.8 Å². The Morgan fingerprint density at radius 3 is 1.04 bits per heavy atom. The van der Waals surface area contributed by atoms with Crippen molar-refractivity contribution >= 4 is 82.4 Å². The van der Waals surface area contributed by atoms with Crippen molar-refractivity contribution in [1.29, 1.82) is 0 Å². The zero-order valence-corrected chi connectivity index (χ0v) is 54.6. The minimum absolute atomic E-state index is 0.550. The van der Waals surface area contributed by atoms with E-state index in [1.54, 1.807) is 0 Å². The van der Waals surface area contributed by atoms with Crippen LogP contribution in [0.15, 0.2) is 322 Å². The molecule has 10 heteroatoms. The number of hydrogen-bond acceptors (Lipinski definition) is 6. The molecule has 2 aliphatic carbocycles. The maximum absolute atomic E-state index is 5.53. The van der Waals surface area contributed by atoms with Gasteiger partial charge in [-0.2, -0.15) is 0 Å². The van der Waals surface area contributed by atoms with Gasteiger partial charge in [0.2, 0.25) is 0 Å². The van der Waals surface area contributed by atoms with Crippen LogP contribution in [0.5, 0.6) is 0 Å². The van der Waals surface area contributed by atoms with Gasteiger partial charge in [0.05, 0.1) is 38.6 Å². The summed E-state index contributed by atoms with van der Waals surface area (Å²) in [6.07, 6.45) is 6.54. The van der Waals surface area contributed by atoms with E-state index in [4.69, 9.17) is 29.9 Å². The molecule has 0 bridgehead atoms. The van der Waals surface area contributed by atoms with E-state index in [0.717, 1.165) is 151 Å². The van der Waals surface area contributed by atoms with E-state index in [9.17, 15) is 0 Å². The van der Waals surface area contributed by atoms with E-state index >= 15 is 0 Å². The molecule has 0 unspecified atom stereocenters. The highest BCUT2D eigenvalue weighted by Crippen LogP contribution is 2.59. The van der Waals surface area contributed by atoms with Crippen LogP contribution < -0.4 is 0 Å². The van der Waals surface area contributed by atoms with Gasteiger partial charge in [-0.05, 0) is 90.2 Å². The molecule has 101 heavy (non-hydrogen) atoms. The summed E-state index contributed by atoms with van der Waals surface area (Å²) in [5.41, 5.74) is 20.3. The molecule has 0 N–H and O–H groups in total. The van der Waals surface area contributed by atoms with Gasteiger partial charge < -0.3 is 18.3 Å². The van der Waals surface area contributed by atoms with Crippen molar-refractivity contribution < 1.29 is 0 Å². The summed E-state index contributed by atoms with van der Waals surface area (Å²) in [6.45, 7) is 0. The number of aromatic nitrogens is 10. The average Bonchev–Trinajstić information content (AvgIpc) is 1.49. The molecule has 472 valence electrons. The molecule has 2 aliphatic rings. The first-order valence-electron chi connectivity index (χ1n) is 34.5. The molecule has 19 aromatic rings. The number of nitrogens with zero attached hydrogens (tertiary/aromatic N) is 10. The largest absolute Gasteiger partial charge is 0.308 e. The Bertz CT molecular complexity index is 6320. The standard InChI is InChI=1S/C91H58N10/c1-7-27-57(28-8-1)85-92-86(58-29-9-2-10-30-58)95-89(94-85)61-47-49-65-66-50-48-62(90-96-87(59-31-11-3-12-32-59)93-88(97-90)60-33-13-4-14-34-60)56-76(66)91(75(65)55-61,100-79-45-25-21-41-69(79)73-53-51-71-67-39-19-23-43-77(67)98(81(71)83(73)100)63-35-15-5-16-36-63)101-80-46-26-22-42-70(80)74-54-52-72-68-40-20-24-44-78(68)99(82(72)84(74)101)64-37-17-6-18-38-64/h1-19,21-39,41-56H,20,40H2. The first-order chi connectivity index (χ1) is 50.1. The van der Waals surface area contributed by atoms with Crippen LogP contribution in [0.2, 0.25) is 0 Å². The fraction of sp³-hybridized carbons (Fsp3) is 0.0330. The lowest BCUT2D eigenvalue weighted by Gasteiger charge is -2.39. The first kappa shape index (κ1) is 56.7. The van der Waals surface area contributed by atoms with Crippen molar-refractivity contribution in [2.75, 3.05) is 0 Å². The Kier molecular flexibility index (Phi) is 12.5. The van der Waals surface area contributed by atoms with Gasteiger partial charge in [0.1, 0.15) is 0 Å². The van der Waals surface area contributed by atoms with E-state index in [-0.39, 0.29) is 0 Å². The van der Waals surface area contributed by atoms with E-state index < -0.39 is 5.66 Å². The SMILES string of the molecule is C1=Cc2c(c3ccc4c5ccccc5n(C5(n6c7ccccc7c7ccc8c9ccccc9n(-c9ccccc9)c8c76)c6cc(-c7nc(-c8ccccc8)nc(-c8ccccc8)n7)ccc6-c6ccc(-c7nc(-c8ccccc8)nc(-c8ccccc8)n7)cc65)c4c3n2-c2ccccc2)CC1. The summed E-state index contributed by atoms with van der Waals surface area (Å²) in [5.74, 6) is 3.43. The Balaban J connectivity index is 1.00. The topological polar surface area (TPSA) is 97.1 Å². The monoisotopic (exact) mass is 1290 g/mol. The molecule has 0 aliphatic heterocycles. The molecule has 6 aromatic heterocycles. The Morgan fingerprint density at radius 1 is 0.267 bits per heavy atom. The van der Waals surface area contributed by atoms with Crippen LogP contribution in [-0.4, -0.2) is 48.2 Å². The van der Waals surface area contributed by atoms with Gasteiger partial charge in [0.15, 0.2) is 40.6 Å². The molecular formula is C91H58N10. The molecule has 0 saturated carbocycles. The number of para-hydroxylation sites is 5. The molecule has 0 radical (unpaired) electrons. The fourth-order valence-corrected chi connectivity index (χ4v) is 16.6. The summed E-state index contributed by atoms with van der Waals surface area (Å²) in [4.78, 5) is 32.6. The van der Waals surface area contributed by atoms with Crippen molar-refractivity contribution in [3.8, 4) is 90.8 Å². The zero-order chi connectivity index (χ0) is 66.3. The molecular weight excluding hydrogens is 1230 g/mol. The van der Waals surface area contributed by atoms with Gasteiger partial charge in [-0.25, -0.2) is 29.9 Å². The van der Waals surface area contributed by atoms with E-state index in [0.29, 0.717) is 34.9 Å². The Hall–Kier alpha value is -13.4. The van der Waals surface area contributed by atoms with Gasteiger partial charge in [-0.1, -0.05) is 267 Å². The zero-order valence-electron chi connectivity index (χ0n) is 54.6. The molecule has 10 nitrogen and oxygen atoms in total. The number of benzene rings is 13. The van der Waals surface area contributed by atoms with Gasteiger partial charge >= 0.3 is 0 Å². The first-order valence-corrected chi connectivity index (χ1v) is 34.5. The van der Waals surface area contributed by atoms with Crippen LogP contribution >= 0.6 is 0 Å². The average molecular weight is 1290 g/mol. The summed E-state index contributed by atoms with van der Waals surface area (Å²) in [5, 5.41) is 8.00. The van der Waals surface area contributed by atoms with Crippen LogP contribution in [0.1, 0.15) is 28.8 Å². The molecule has 0 amide bonds. The third kappa shape index (κ3) is 8.46. The molecule has 0 saturated heterocycles. The Labute approximate surface area is 580 Å². The molecule has 0 fully saturated rings. The molecule has 21 rings (SSSR count). The maximum atomic E-state index is 5.53. The second kappa shape index (κ2) is 22.3. The van der Waals surface area contributed by atoms with Gasteiger partial charge in [-0.15, -0.1) is 0 Å². The fourth-order valence-electron chi connectivity index (χ4n) is 16.6. The number of allylic oxidation sites excluding steroid dienone is 1. The van der Waals surface area contributed by atoms with Crippen molar-refractivity contribution in [2.24, 2.45) is 0 Å². The molecule has 6 heterocycles. The number of aryl methyl sites for hydroxylation is 1. The molecule has 0 spiro atoms. The predicted octanol–water partition coefficient (Wildman–Crippen LogP) is 21.6. The number of fused-ring (bicyclic) bond motifs is 17. The summed E-state index contributed by atoms with van der Waals surface area (Å²) < 4.78 is 10.6. The normalized spacial score (nSPS) is 13.1. The predicted molar refractivity (Wildman–Crippen MR) is 410 cm³/mol. The third-order valence-corrected chi connectivity index (χ3v) is 20.9. The van der Waals surface area contributed by atoms with Crippen molar-refractivity contribution in [2.45, 2.75) is 18.5 Å². The Morgan fingerprint density at radius 2 is 0.604 bits per heavy atom. The summed E-state index contributed by atoms with van der Waals surface area (Å²) in [7, 11) is 0. The lowest BCUT2D eigenvalue weighted by Crippen LogP contribution is -2.42. The lowest BCUT2D eigenvalue weighted by molar-refractivity contribution is 0.416.